The van der Waals surface area contributed by atoms with Crippen LogP contribution < -0.4 is 5.73 Å². The van der Waals surface area contributed by atoms with E-state index in [4.69, 9.17) is 10.5 Å². The van der Waals surface area contributed by atoms with E-state index in [1.807, 2.05) is 51.1 Å². The molecule has 9 heteroatoms. The first-order valence-corrected chi connectivity index (χ1v) is 9.84. The third kappa shape index (κ3) is 4.91. The standard InChI is InChI=1S/C21H26N6O3/c1-4-26(12-16-8-6-5-7-9-16)18(28)13-30-19(29)11-10-17-14(2)23-21-24-20(22)25-27(21)15(17)3/h5-9H,4,10-13H2,1-3H3,(H2,22,25). The van der Waals surface area contributed by atoms with Crippen LogP contribution in [0.2, 0.25) is 0 Å². The maximum absolute atomic E-state index is 12.4. The molecule has 0 aliphatic heterocycles. The fourth-order valence-electron chi connectivity index (χ4n) is 3.30. The van der Waals surface area contributed by atoms with E-state index in [-0.39, 0.29) is 24.9 Å². The molecule has 0 unspecified atom stereocenters. The number of carbonyl (C=O) groups excluding carboxylic acids is 2. The van der Waals surface area contributed by atoms with Gasteiger partial charge in [-0.15, -0.1) is 5.10 Å². The number of aryl methyl sites for hydroxylation is 2. The number of fused-ring (bicyclic) bond motifs is 1. The summed E-state index contributed by atoms with van der Waals surface area (Å²) in [5, 5.41) is 4.12. The molecular weight excluding hydrogens is 384 g/mol. The highest BCUT2D eigenvalue weighted by atomic mass is 16.5. The monoisotopic (exact) mass is 410 g/mol. The number of esters is 1. The van der Waals surface area contributed by atoms with E-state index < -0.39 is 5.97 Å². The minimum Gasteiger partial charge on any atom is -0.456 e. The van der Waals surface area contributed by atoms with E-state index in [2.05, 4.69) is 15.1 Å². The summed E-state index contributed by atoms with van der Waals surface area (Å²) in [4.78, 5) is 34.7. The molecule has 0 aliphatic carbocycles. The molecule has 0 atom stereocenters. The number of likely N-dealkylation sites (N-methyl/N-ethyl adjacent to an activating group) is 1. The maximum atomic E-state index is 12.4. The zero-order valence-electron chi connectivity index (χ0n) is 17.5. The largest absolute Gasteiger partial charge is 0.456 e. The van der Waals surface area contributed by atoms with Crippen molar-refractivity contribution in [2.45, 2.75) is 40.2 Å². The minimum absolute atomic E-state index is 0.136. The Morgan fingerprint density at radius 2 is 1.90 bits per heavy atom. The Morgan fingerprint density at radius 1 is 1.17 bits per heavy atom. The van der Waals surface area contributed by atoms with Crippen LogP contribution in [-0.2, 0) is 27.3 Å². The molecule has 0 saturated carbocycles. The van der Waals surface area contributed by atoms with Gasteiger partial charge in [0, 0.05) is 30.9 Å². The van der Waals surface area contributed by atoms with Crippen molar-refractivity contribution in [2.24, 2.45) is 0 Å². The highest BCUT2D eigenvalue weighted by Crippen LogP contribution is 2.16. The number of hydrogen-bond acceptors (Lipinski definition) is 7. The van der Waals surface area contributed by atoms with E-state index in [9.17, 15) is 9.59 Å². The average Bonchev–Trinajstić information content (AvgIpc) is 3.11. The number of nitrogen functional groups attached to an aromatic ring is 1. The number of benzene rings is 1. The molecule has 0 bridgehead atoms. The van der Waals surface area contributed by atoms with Crippen molar-refractivity contribution in [3.05, 3.63) is 52.8 Å². The second-order valence-electron chi connectivity index (χ2n) is 7.00. The van der Waals surface area contributed by atoms with Crippen LogP contribution in [-0.4, -0.2) is 49.5 Å². The number of rotatable bonds is 8. The summed E-state index contributed by atoms with van der Waals surface area (Å²) in [5.41, 5.74) is 9.14. The molecule has 1 aromatic carbocycles. The Bertz CT molecular complexity index is 1050. The number of nitrogens with zero attached hydrogens (tertiary/aromatic N) is 5. The van der Waals surface area contributed by atoms with E-state index in [1.54, 1.807) is 9.42 Å². The summed E-state index contributed by atoms with van der Waals surface area (Å²) >= 11 is 0. The number of ether oxygens (including phenoxy) is 1. The van der Waals surface area contributed by atoms with Gasteiger partial charge in [-0.3, -0.25) is 9.59 Å². The number of aromatic nitrogens is 4. The van der Waals surface area contributed by atoms with Gasteiger partial charge in [-0.1, -0.05) is 30.3 Å². The first-order valence-electron chi connectivity index (χ1n) is 9.84. The van der Waals surface area contributed by atoms with Crippen molar-refractivity contribution in [1.82, 2.24) is 24.5 Å². The normalized spacial score (nSPS) is 10.9. The highest BCUT2D eigenvalue weighted by Gasteiger charge is 2.17. The number of carbonyl (C=O) groups is 2. The van der Waals surface area contributed by atoms with Crippen LogP contribution >= 0.6 is 0 Å². The van der Waals surface area contributed by atoms with Crippen molar-refractivity contribution >= 4 is 23.6 Å². The van der Waals surface area contributed by atoms with E-state index >= 15 is 0 Å². The van der Waals surface area contributed by atoms with Crippen LogP contribution in [0.15, 0.2) is 30.3 Å². The predicted molar refractivity (Wildman–Crippen MR) is 111 cm³/mol. The van der Waals surface area contributed by atoms with Crippen molar-refractivity contribution in [2.75, 3.05) is 18.9 Å². The van der Waals surface area contributed by atoms with Gasteiger partial charge in [-0.2, -0.15) is 9.50 Å². The summed E-state index contributed by atoms with van der Waals surface area (Å²) in [5.74, 6) is -0.0760. The molecule has 2 N–H and O–H groups in total. The quantitative estimate of drug-likeness (QED) is 0.563. The maximum Gasteiger partial charge on any atom is 0.306 e. The Balaban J connectivity index is 1.54. The molecule has 2 aromatic heterocycles. The zero-order valence-corrected chi connectivity index (χ0v) is 17.5. The number of amides is 1. The van der Waals surface area contributed by atoms with Crippen molar-refractivity contribution in [3.63, 3.8) is 0 Å². The van der Waals surface area contributed by atoms with Gasteiger partial charge in [-0.05, 0) is 38.3 Å². The topological polar surface area (TPSA) is 116 Å². The van der Waals surface area contributed by atoms with Gasteiger partial charge in [0.2, 0.25) is 5.95 Å². The Hall–Kier alpha value is -3.49. The Kier molecular flexibility index (Phi) is 6.61. The van der Waals surface area contributed by atoms with Gasteiger partial charge in [0.15, 0.2) is 6.61 Å². The molecule has 0 radical (unpaired) electrons. The summed E-state index contributed by atoms with van der Waals surface area (Å²) in [6.07, 6.45) is 0.562. The Morgan fingerprint density at radius 3 is 2.60 bits per heavy atom. The molecule has 0 spiro atoms. The molecule has 3 aromatic rings. The molecule has 1 amide bonds. The van der Waals surface area contributed by atoms with Gasteiger partial charge < -0.3 is 15.4 Å². The minimum atomic E-state index is -0.434. The number of hydrogen-bond donors (Lipinski definition) is 1. The fourth-order valence-corrected chi connectivity index (χ4v) is 3.30. The summed E-state index contributed by atoms with van der Waals surface area (Å²) in [6.45, 7) is 6.38. The van der Waals surface area contributed by atoms with E-state index in [0.29, 0.717) is 25.3 Å². The molecule has 30 heavy (non-hydrogen) atoms. The lowest BCUT2D eigenvalue weighted by molar-refractivity contribution is -0.152. The van der Waals surface area contributed by atoms with Crippen molar-refractivity contribution in [1.29, 1.82) is 0 Å². The first-order chi connectivity index (χ1) is 14.4. The summed E-state index contributed by atoms with van der Waals surface area (Å²) in [6, 6.07) is 9.70. The van der Waals surface area contributed by atoms with Crippen LogP contribution in [0.1, 0.15) is 35.9 Å². The van der Waals surface area contributed by atoms with Gasteiger partial charge >= 0.3 is 5.97 Å². The van der Waals surface area contributed by atoms with Crippen molar-refractivity contribution in [3.8, 4) is 0 Å². The third-order valence-corrected chi connectivity index (χ3v) is 4.95. The SMILES string of the molecule is CCN(Cc1ccccc1)C(=O)COC(=O)CCc1c(C)nc2nc(N)nn2c1C. The van der Waals surface area contributed by atoms with Crippen LogP contribution in [0, 0.1) is 13.8 Å². The van der Waals surface area contributed by atoms with E-state index in [0.717, 1.165) is 22.5 Å². The summed E-state index contributed by atoms with van der Waals surface area (Å²) in [7, 11) is 0. The second-order valence-corrected chi connectivity index (χ2v) is 7.00. The summed E-state index contributed by atoms with van der Waals surface area (Å²) < 4.78 is 6.78. The lowest BCUT2D eigenvalue weighted by atomic mass is 10.1. The van der Waals surface area contributed by atoms with E-state index in [1.165, 1.54) is 0 Å². The second kappa shape index (κ2) is 9.34. The predicted octanol–water partition coefficient (Wildman–Crippen LogP) is 1.85. The molecular formula is C21H26N6O3. The Labute approximate surface area is 174 Å². The average molecular weight is 410 g/mol. The molecule has 9 nitrogen and oxygen atoms in total. The molecule has 0 saturated heterocycles. The zero-order chi connectivity index (χ0) is 21.7. The lowest BCUT2D eigenvalue weighted by Crippen LogP contribution is -2.34. The van der Waals surface area contributed by atoms with Crippen LogP contribution in [0.3, 0.4) is 0 Å². The van der Waals surface area contributed by atoms with Gasteiger partial charge in [0.05, 0.1) is 0 Å². The smallest absolute Gasteiger partial charge is 0.306 e. The van der Waals surface area contributed by atoms with Crippen LogP contribution in [0.25, 0.3) is 5.78 Å². The molecule has 3 rings (SSSR count). The first kappa shape index (κ1) is 21.2. The molecule has 2 heterocycles. The van der Waals surface area contributed by atoms with Gasteiger partial charge in [0.1, 0.15) is 0 Å². The number of nitrogens with two attached hydrogens (primary N) is 1. The van der Waals surface area contributed by atoms with Gasteiger partial charge in [0.25, 0.3) is 11.7 Å². The molecule has 158 valence electrons. The highest BCUT2D eigenvalue weighted by molar-refractivity contribution is 5.80. The van der Waals surface area contributed by atoms with Gasteiger partial charge in [-0.25, -0.2) is 4.98 Å². The lowest BCUT2D eigenvalue weighted by Gasteiger charge is -2.20. The molecule has 0 aliphatic rings. The van der Waals surface area contributed by atoms with Crippen LogP contribution in [0.5, 0.6) is 0 Å². The fraction of sp³-hybridized carbons (Fsp3) is 0.381. The van der Waals surface area contributed by atoms with Crippen molar-refractivity contribution < 1.29 is 14.3 Å². The third-order valence-electron chi connectivity index (χ3n) is 4.95. The molecule has 0 fully saturated rings. The number of anilines is 1. The van der Waals surface area contributed by atoms with Crippen LogP contribution in [0.4, 0.5) is 5.95 Å².